The molecule has 2 aromatic carbocycles. The third kappa shape index (κ3) is 8.10. The van der Waals surface area contributed by atoms with Gasteiger partial charge in [-0.05, 0) is 46.5 Å². The summed E-state index contributed by atoms with van der Waals surface area (Å²) in [4.78, 5) is 10.9. The van der Waals surface area contributed by atoms with Crippen molar-refractivity contribution in [3.63, 3.8) is 0 Å². The van der Waals surface area contributed by atoms with Crippen molar-refractivity contribution in [3.05, 3.63) is 65.2 Å². The molecule has 1 atom stereocenters. The minimum Gasteiger partial charge on any atom is -0.497 e. The summed E-state index contributed by atoms with van der Waals surface area (Å²) in [7, 11) is -2.63. The minimum absolute atomic E-state index is 0.0554. The van der Waals surface area contributed by atoms with Crippen LogP contribution in [0, 0.1) is 0 Å². The molecule has 0 spiro atoms. The van der Waals surface area contributed by atoms with E-state index < -0.39 is 27.9 Å². The van der Waals surface area contributed by atoms with Gasteiger partial charge in [-0.25, -0.2) is 8.42 Å². The number of carbonyl (C=O) groups is 1. The van der Waals surface area contributed by atoms with Gasteiger partial charge in [-0.3, -0.25) is 4.79 Å². The second-order valence-corrected chi connectivity index (χ2v) is 10.4. The highest BCUT2D eigenvalue weighted by molar-refractivity contribution is 7.90. The average Bonchev–Trinajstić information content (AvgIpc) is 2.70. The third-order valence-electron chi connectivity index (χ3n) is 4.59. The van der Waals surface area contributed by atoms with E-state index >= 15 is 0 Å². The Morgan fingerprint density at radius 1 is 1.16 bits per heavy atom. The van der Waals surface area contributed by atoms with E-state index in [1.54, 1.807) is 24.3 Å². The maximum atomic E-state index is 12.2. The van der Waals surface area contributed by atoms with E-state index in [0.29, 0.717) is 17.9 Å². The van der Waals surface area contributed by atoms with Gasteiger partial charge in [0.25, 0.3) is 0 Å². The molecule has 2 aromatic rings. The number of hydrogen-bond acceptors (Lipinski definition) is 5. The molecule has 1 unspecified atom stereocenters. The number of nitrogens with one attached hydrogen (secondary N) is 3. The molecule has 0 fully saturated rings. The van der Waals surface area contributed by atoms with Crippen LogP contribution in [0.2, 0.25) is 0 Å². The Hall–Kier alpha value is -2.69. The lowest BCUT2D eigenvalue weighted by Crippen LogP contribution is -2.46. The predicted molar refractivity (Wildman–Crippen MR) is 128 cm³/mol. The Bertz CT molecular complexity index is 1050. The summed E-state index contributed by atoms with van der Waals surface area (Å²) in [5.74, 6) is -2.00. The van der Waals surface area contributed by atoms with Crippen LogP contribution in [0.5, 0.6) is 5.75 Å². The summed E-state index contributed by atoms with van der Waals surface area (Å²) in [6.45, 7) is 6.86. The van der Waals surface area contributed by atoms with Crippen LogP contribution in [0.4, 0.5) is 0 Å². The summed E-state index contributed by atoms with van der Waals surface area (Å²) >= 11 is 5.35. The summed E-state index contributed by atoms with van der Waals surface area (Å²) in [6, 6.07) is 14.9. The number of ether oxygens (including phenoxy) is 1. The van der Waals surface area contributed by atoms with Gasteiger partial charge in [0.05, 0.1) is 7.11 Å². The van der Waals surface area contributed by atoms with Crippen LogP contribution >= 0.6 is 12.2 Å². The average molecular weight is 480 g/mol. The second kappa shape index (κ2) is 10.8. The molecular formula is C22H29N3O5S2. The Balaban J connectivity index is 2.12. The molecule has 0 aromatic heterocycles. The van der Waals surface area contributed by atoms with Crippen LogP contribution in [-0.4, -0.2) is 37.5 Å². The fourth-order valence-electron chi connectivity index (χ4n) is 2.87. The van der Waals surface area contributed by atoms with E-state index in [1.165, 1.54) is 12.7 Å². The van der Waals surface area contributed by atoms with Crippen LogP contribution < -0.4 is 20.1 Å². The molecule has 0 aliphatic heterocycles. The van der Waals surface area contributed by atoms with E-state index in [4.69, 9.17) is 22.1 Å². The SMILES string of the molecule is COc1cccc(C(NC(=S)NCc2ccc(C(C)(C)C)cc2)NS(=O)(=O)CC(=O)O)c1. The zero-order chi connectivity index (χ0) is 23.9. The number of aliphatic carboxylic acids is 1. The number of rotatable bonds is 9. The molecule has 8 nitrogen and oxygen atoms in total. The maximum Gasteiger partial charge on any atom is 0.320 e. The number of carboxylic acid groups (broad SMARTS) is 1. The molecule has 0 bridgehead atoms. The summed E-state index contributed by atoms with van der Waals surface area (Å²) in [5, 5.41) is 15.0. The quantitative estimate of drug-likeness (QED) is 0.320. The first kappa shape index (κ1) is 25.6. The fourth-order valence-corrected chi connectivity index (χ4v) is 4.03. The van der Waals surface area contributed by atoms with Crippen LogP contribution in [0.15, 0.2) is 48.5 Å². The van der Waals surface area contributed by atoms with Gasteiger partial charge in [-0.2, -0.15) is 4.72 Å². The number of sulfonamides is 1. The Morgan fingerprint density at radius 3 is 2.38 bits per heavy atom. The fraction of sp³-hybridized carbons (Fsp3) is 0.364. The largest absolute Gasteiger partial charge is 0.497 e. The van der Waals surface area contributed by atoms with E-state index in [0.717, 1.165) is 5.56 Å². The molecule has 0 amide bonds. The Labute approximate surface area is 194 Å². The van der Waals surface area contributed by atoms with Gasteiger partial charge in [0, 0.05) is 6.54 Å². The van der Waals surface area contributed by atoms with Crippen molar-refractivity contribution in [2.24, 2.45) is 0 Å². The van der Waals surface area contributed by atoms with Crippen molar-refractivity contribution in [3.8, 4) is 5.75 Å². The highest BCUT2D eigenvalue weighted by Crippen LogP contribution is 2.22. The molecule has 10 heteroatoms. The molecule has 0 aliphatic rings. The van der Waals surface area contributed by atoms with Crippen LogP contribution in [0.3, 0.4) is 0 Å². The van der Waals surface area contributed by atoms with Gasteiger partial charge in [-0.15, -0.1) is 0 Å². The monoisotopic (exact) mass is 479 g/mol. The molecule has 0 aliphatic carbocycles. The van der Waals surface area contributed by atoms with Crippen molar-refractivity contribution < 1.29 is 23.1 Å². The third-order valence-corrected chi connectivity index (χ3v) is 6.07. The van der Waals surface area contributed by atoms with Crippen molar-refractivity contribution in [2.45, 2.75) is 38.9 Å². The van der Waals surface area contributed by atoms with Crippen LogP contribution in [0.1, 0.15) is 43.6 Å². The smallest absolute Gasteiger partial charge is 0.320 e. The number of thiocarbonyl (C=S) groups is 1. The number of carboxylic acids is 1. The highest BCUT2D eigenvalue weighted by Gasteiger charge is 2.23. The Kier molecular flexibility index (Phi) is 8.59. The molecule has 0 heterocycles. The molecule has 4 N–H and O–H groups in total. The lowest BCUT2D eigenvalue weighted by Gasteiger charge is -2.23. The highest BCUT2D eigenvalue weighted by atomic mass is 32.2. The molecule has 2 rings (SSSR count). The van der Waals surface area contributed by atoms with Crippen molar-refractivity contribution in [2.75, 3.05) is 12.9 Å². The minimum atomic E-state index is -4.12. The van der Waals surface area contributed by atoms with Crippen molar-refractivity contribution in [1.82, 2.24) is 15.4 Å². The topological polar surface area (TPSA) is 117 Å². The van der Waals surface area contributed by atoms with Gasteiger partial charge < -0.3 is 20.5 Å². The van der Waals surface area contributed by atoms with Crippen molar-refractivity contribution >= 4 is 33.3 Å². The molecule has 174 valence electrons. The van der Waals surface area contributed by atoms with Crippen molar-refractivity contribution in [1.29, 1.82) is 0 Å². The Morgan fingerprint density at radius 2 is 1.81 bits per heavy atom. The lowest BCUT2D eigenvalue weighted by molar-refractivity contribution is -0.134. The first-order valence-electron chi connectivity index (χ1n) is 9.89. The van der Waals surface area contributed by atoms with E-state index in [-0.39, 0.29) is 10.5 Å². The summed E-state index contributed by atoms with van der Waals surface area (Å²) < 4.78 is 32.0. The van der Waals surface area contributed by atoms with Gasteiger partial charge in [0.1, 0.15) is 11.9 Å². The van der Waals surface area contributed by atoms with Gasteiger partial charge >= 0.3 is 5.97 Å². The van der Waals surface area contributed by atoms with Gasteiger partial charge in [0.15, 0.2) is 10.9 Å². The zero-order valence-corrected chi connectivity index (χ0v) is 20.1. The first-order valence-corrected chi connectivity index (χ1v) is 12.0. The standard InChI is InChI=1S/C22H29N3O5S2/c1-22(2,3)17-10-8-15(9-11-17)13-23-21(31)24-20(25-32(28,29)14-19(26)27)16-6-5-7-18(12-16)30-4/h5-12,20,25H,13-14H2,1-4H3,(H,26,27)(H2,23,24,31). The summed E-state index contributed by atoms with van der Waals surface area (Å²) in [6.07, 6.45) is -0.988. The first-order chi connectivity index (χ1) is 14.9. The second-order valence-electron chi connectivity index (χ2n) is 8.25. The zero-order valence-electron chi connectivity index (χ0n) is 18.5. The molecule has 0 radical (unpaired) electrons. The van der Waals surface area contributed by atoms with Crippen LogP contribution in [-0.2, 0) is 26.8 Å². The molecule has 0 saturated heterocycles. The van der Waals surface area contributed by atoms with Gasteiger partial charge in [0.2, 0.25) is 10.0 Å². The lowest BCUT2D eigenvalue weighted by atomic mass is 9.87. The van der Waals surface area contributed by atoms with Crippen LogP contribution in [0.25, 0.3) is 0 Å². The van der Waals surface area contributed by atoms with E-state index in [2.05, 4.69) is 48.3 Å². The van der Waals surface area contributed by atoms with Gasteiger partial charge in [-0.1, -0.05) is 57.2 Å². The number of methoxy groups -OCH3 is 1. The van der Waals surface area contributed by atoms with E-state index in [9.17, 15) is 13.2 Å². The number of hydrogen-bond donors (Lipinski definition) is 4. The number of benzene rings is 2. The van der Waals surface area contributed by atoms with E-state index in [1.807, 2.05) is 12.1 Å². The molecule has 0 saturated carbocycles. The maximum absolute atomic E-state index is 12.2. The normalized spacial score (nSPS) is 12.6. The molecule has 32 heavy (non-hydrogen) atoms. The molecular weight excluding hydrogens is 450 g/mol. The predicted octanol–water partition coefficient (Wildman–Crippen LogP) is 2.66. The summed E-state index contributed by atoms with van der Waals surface area (Å²) in [5.41, 5.74) is 2.79.